The first kappa shape index (κ1) is 57.1. The van der Waals surface area contributed by atoms with E-state index in [1.807, 2.05) is 11.8 Å². The van der Waals surface area contributed by atoms with Gasteiger partial charge in [-0.1, -0.05) is 263 Å². The van der Waals surface area contributed by atoms with Gasteiger partial charge in [0.25, 0.3) is 0 Å². The highest BCUT2D eigenvalue weighted by Crippen LogP contribution is 2.66. The summed E-state index contributed by atoms with van der Waals surface area (Å²) in [5.41, 5.74) is 28.7. The van der Waals surface area contributed by atoms with Crippen LogP contribution in [-0.2, 0) is 5.41 Å². The molecule has 0 aromatic heterocycles. The van der Waals surface area contributed by atoms with Gasteiger partial charge in [-0.2, -0.15) is 0 Å². The summed E-state index contributed by atoms with van der Waals surface area (Å²) in [5.74, 6) is 1.41. The minimum Gasteiger partial charge on any atom is -0.457 e. The predicted molar refractivity (Wildman–Crippen MR) is 399 cm³/mol. The van der Waals surface area contributed by atoms with Crippen LogP contribution in [0.25, 0.3) is 33.4 Å². The summed E-state index contributed by atoms with van der Waals surface area (Å²) < 4.78 is 7.36. The number of para-hydroxylation sites is 7. The number of anilines is 12. The van der Waals surface area contributed by atoms with E-state index in [4.69, 9.17) is 4.74 Å². The van der Waals surface area contributed by atoms with E-state index in [1.165, 1.54) is 48.7 Å². The third-order valence-corrected chi connectivity index (χ3v) is 20.8. The first-order valence-electron chi connectivity index (χ1n) is 33.2. The lowest BCUT2D eigenvalue weighted by Gasteiger charge is -2.45. The monoisotopic (exact) mass is 1250 g/mol. The number of nitrogens with zero attached hydrogens (tertiary/aromatic N) is 4. The molecule has 4 heterocycles. The molecule has 0 saturated heterocycles. The molecule has 0 spiro atoms. The van der Waals surface area contributed by atoms with E-state index >= 15 is 0 Å². The molecule has 96 heavy (non-hydrogen) atoms. The smallest absolute Gasteiger partial charge is 0.135 e. The lowest BCUT2D eigenvalue weighted by molar-refractivity contribution is 0.452. The molecule has 6 heteroatoms. The number of rotatable bonds is 11. The Hall–Kier alpha value is -11.6. The maximum Gasteiger partial charge on any atom is 0.135 e. The summed E-state index contributed by atoms with van der Waals surface area (Å²) in [5, 5.41) is 0. The second-order valence-corrected chi connectivity index (χ2v) is 27.4. The number of fused-ring (bicyclic) bond motifs is 8. The molecule has 0 aliphatic carbocycles. The molecule has 0 N–H and O–H groups in total. The molecule has 458 valence electrons. The molecular weight excluding hydrogens is 1190 g/mol. The van der Waals surface area contributed by atoms with Crippen LogP contribution in [0.4, 0.5) is 68.2 Å². The SMILES string of the molecule is CC(C)(C)c1ccc(-c2ccccc2N2c3cc4c(cc3C3c5ccccc5Oc5cc(N(c6ccccc6)c6ccccc6)cc2c53)C2c3ccccc3N(c3ccccc3)c3cc(N(c5ccc(-c6ccccc6)cc5)c5ccccc5-c5ccccc5)cc(c32)S4)cc1. The lowest BCUT2D eigenvalue weighted by atomic mass is 9.74. The van der Waals surface area contributed by atoms with Gasteiger partial charge in [0.1, 0.15) is 11.5 Å². The van der Waals surface area contributed by atoms with E-state index in [0.717, 1.165) is 113 Å². The molecule has 18 rings (SSSR count). The molecule has 4 aliphatic rings. The normalized spacial score (nSPS) is 14.4. The third kappa shape index (κ3) is 9.61. The van der Waals surface area contributed by atoms with Crippen LogP contribution in [0, 0.1) is 0 Å². The molecule has 4 aliphatic heterocycles. The Morgan fingerprint density at radius 3 is 1.51 bits per heavy atom. The van der Waals surface area contributed by atoms with Crippen LogP contribution in [0.15, 0.2) is 343 Å². The van der Waals surface area contributed by atoms with E-state index in [9.17, 15) is 0 Å². The summed E-state index contributed by atoms with van der Waals surface area (Å²) in [4.78, 5) is 12.4. The van der Waals surface area contributed by atoms with Crippen molar-refractivity contribution in [1.82, 2.24) is 0 Å². The van der Waals surface area contributed by atoms with Crippen molar-refractivity contribution in [2.24, 2.45) is 0 Å². The molecule has 0 bridgehead atoms. The highest BCUT2D eigenvalue weighted by molar-refractivity contribution is 7.99. The molecule has 2 unspecified atom stereocenters. The van der Waals surface area contributed by atoms with Crippen LogP contribution in [0.1, 0.15) is 71.6 Å². The van der Waals surface area contributed by atoms with Crippen LogP contribution in [0.3, 0.4) is 0 Å². The second-order valence-electron chi connectivity index (χ2n) is 26.4. The molecule has 0 radical (unpaired) electrons. The van der Waals surface area contributed by atoms with Crippen LogP contribution in [-0.4, -0.2) is 0 Å². The zero-order chi connectivity index (χ0) is 64.0. The van der Waals surface area contributed by atoms with E-state index in [0.29, 0.717) is 0 Å². The number of hydrogen-bond acceptors (Lipinski definition) is 6. The lowest BCUT2D eigenvalue weighted by Crippen LogP contribution is -2.28. The van der Waals surface area contributed by atoms with Crippen molar-refractivity contribution < 1.29 is 4.74 Å². The largest absolute Gasteiger partial charge is 0.457 e. The molecular formula is C90H66N4OS. The van der Waals surface area contributed by atoms with Crippen LogP contribution < -0.4 is 24.3 Å². The Morgan fingerprint density at radius 1 is 0.312 bits per heavy atom. The van der Waals surface area contributed by atoms with Gasteiger partial charge in [-0.05, 0) is 147 Å². The molecule has 2 atom stereocenters. The van der Waals surface area contributed by atoms with Crippen LogP contribution in [0.5, 0.6) is 11.5 Å². The van der Waals surface area contributed by atoms with Crippen molar-refractivity contribution in [2.75, 3.05) is 19.6 Å². The maximum atomic E-state index is 7.36. The van der Waals surface area contributed by atoms with Gasteiger partial charge in [-0.15, -0.1) is 0 Å². The van der Waals surface area contributed by atoms with Crippen molar-refractivity contribution >= 4 is 80.0 Å². The predicted octanol–water partition coefficient (Wildman–Crippen LogP) is 25.4. The van der Waals surface area contributed by atoms with E-state index < -0.39 is 0 Å². The van der Waals surface area contributed by atoms with Crippen molar-refractivity contribution in [3.63, 3.8) is 0 Å². The van der Waals surface area contributed by atoms with Crippen molar-refractivity contribution in [1.29, 1.82) is 0 Å². The van der Waals surface area contributed by atoms with Crippen LogP contribution >= 0.6 is 11.8 Å². The van der Waals surface area contributed by atoms with E-state index in [-0.39, 0.29) is 17.3 Å². The zero-order valence-corrected chi connectivity index (χ0v) is 54.3. The molecule has 14 aromatic carbocycles. The Morgan fingerprint density at radius 2 is 0.823 bits per heavy atom. The summed E-state index contributed by atoms with van der Waals surface area (Å²) in [6.07, 6.45) is 0. The first-order valence-corrected chi connectivity index (χ1v) is 34.0. The van der Waals surface area contributed by atoms with Crippen molar-refractivity contribution in [3.8, 4) is 44.9 Å². The van der Waals surface area contributed by atoms with Gasteiger partial charge in [0.2, 0.25) is 0 Å². The topological polar surface area (TPSA) is 22.2 Å². The Kier molecular flexibility index (Phi) is 13.8. The van der Waals surface area contributed by atoms with Gasteiger partial charge < -0.3 is 24.3 Å². The van der Waals surface area contributed by atoms with Gasteiger partial charge in [-0.25, -0.2) is 0 Å². The molecule has 5 nitrogen and oxygen atoms in total. The fourth-order valence-corrected chi connectivity index (χ4v) is 16.5. The molecule has 0 saturated carbocycles. The van der Waals surface area contributed by atoms with Crippen molar-refractivity contribution in [2.45, 2.75) is 47.8 Å². The van der Waals surface area contributed by atoms with Crippen molar-refractivity contribution in [3.05, 3.63) is 373 Å². The summed E-state index contributed by atoms with van der Waals surface area (Å²) in [7, 11) is 0. The van der Waals surface area contributed by atoms with Gasteiger partial charge in [0.15, 0.2) is 0 Å². The first-order chi connectivity index (χ1) is 47.3. The third-order valence-electron chi connectivity index (χ3n) is 19.7. The van der Waals surface area contributed by atoms with Crippen LogP contribution in [0.2, 0.25) is 0 Å². The summed E-state index contributed by atoms with van der Waals surface area (Å²) >= 11 is 1.90. The highest BCUT2D eigenvalue weighted by Gasteiger charge is 2.45. The molecule has 14 aromatic rings. The Bertz CT molecular complexity index is 5250. The Balaban J connectivity index is 0.904. The second kappa shape index (κ2) is 23.2. The van der Waals surface area contributed by atoms with E-state index in [2.05, 4.69) is 374 Å². The minimum absolute atomic E-state index is 0.00724. The highest BCUT2D eigenvalue weighted by atomic mass is 32.2. The Labute approximate surface area is 566 Å². The maximum absolute atomic E-state index is 7.36. The number of hydrogen-bond donors (Lipinski definition) is 0. The molecule has 0 fully saturated rings. The average Bonchev–Trinajstić information content (AvgIpc) is 0.694. The minimum atomic E-state index is -0.176. The van der Waals surface area contributed by atoms with Gasteiger partial charge in [0.05, 0.1) is 39.8 Å². The summed E-state index contributed by atoms with van der Waals surface area (Å²) in [6, 6.07) is 123. The zero-order valence-electron chi connectivity index (χ0n) is 53.5. The molecule has 0 amide bonds. The summed E-state index contributed by atoms with van der Waals surface area (Å²) in [6.45, 7) is 6.87. The average molecular weight is 1250 g/mol. The fraction of sp³-hybridized carbons (Fsp3) is 0.0667. The number of benzene rings is 14. The van der Waals surface area contributed by atoms with E-state index in [1.54, 1.807) is 0 Å². The number of ether oxygens (including phenoxy) is 1. The quantitative estimate of drug-likeness (QED) is 0.128. The fourth-order valence-electron chi connectivity index (χ4n) is 15.3. The standard InChI is InChI=1S/C90H66N4OS/c1-90(2,3)63-49-45-62(46-50-63)71-38-20-24-42-77(71)94-79-58-84-75(57-74(79)87-73-40-22-26-44-82(73)95-83-55-68(53-80(94)88(83)87)91(64-31-13-6-14-32-64)65-33-15-7-16-34-65)86-72-39-21-25-43-78(72)93(66-35-17-8-18-36-66)81-54-69(56-85(96-84)89(81)86)92(67-51-47-60(48-52-67)59-27-9-4-10-28-59)76-41-23-19-37-70(76)61-29-11-5-12-30-61/h4-58,86-87H,1-3H3. The van der Waals surface area contributed by atoms with Gasteiger partial charge in [0, 0.05) is 83.9 Å². The van der Waals surface area contributed by atoms with Gasteiger partial charge in [-0.3, -0.25) is 0 Å². The van der Waals surface area contributed by atoms with Gasteiger partial charge >= 0.3 is 0 Å².